The first-order valence-electron chi connectivity index (χ1n) is 24.1. The third kappa shape index (κ3) is 12.0. The van der Waals surface area contributed by atoms with Gasteiger partial charge in [-0.3, -0.25) is 48.8 Å². The Hall–Kier alpha value is -4.84. The van der Waals surface area contributed by atoms with Crippen LogP contribution in [0.25, 0.3) is 0 Å². The van der Waals surface area contributed by atoms with Crippen LogP contribution in [-0.4, -0.2) is 174 Å². The van der Waals surface area contributed by atoms with Gasteiger partial charge in [0.15, 0.2) is 17.4 Å². The number of nitrogens with one attached hydrogen (secondary N) is 4. The highest BCUT2D eigenvalue weighted by Gasteiger charge is 2.59. The molecule has 0 radical (unpaired) electrons. The van der Waals surface area contributed by atoms with E-state index < -0.39 is 126 Å². The SMILES string of the molecule is C/C=C(\C)C(=O)[C@@H](C)/C=C(\C)[C@H]1O[C@@](O)([C@@](O)(CC)C(=O)N[C@@H]2C(=O)N3NCCC[C@@H]3C(=O)N(O)[C@@H](C)C(=O)N(C)[C@H](C)C(=O)N3NCCC[C@H]3C(=O)N[C@H]([C@H](C)O)C(=O)OC2C(C)C)CC[C@@H]1C. The van der Waals surface area contributed by atoms with Crippen LogP contribution in [-0.2, 0) is 47.8 Å². The molecule has 388 valence electrons. The van der Waals surface area contributed by atoms with Crippen LogP contribution in [0.1, 0.15) is 121 Å². The van der Waals surface area contributed by atoms with Gasteiger partial charge in [-0.2, -0.15) is 0 Å². The maximum absolute atomic E-state index is 15.2. The van der Waals surface area contributed by atoms with Crippen LogP contribution in [0.15, 0.2) is 23.3 Å². The molecule has 4 aliphatic heterocycles. The first-order valence-corrected chi connectivity index (χ1v) is 24.1. The summed E-state index contributed by atoms with van der Waals surface area (Å²) in [5.41, 5.74) is 4.01. The van der Waals surface area contributed by atoms with E-state index >= 15 is 4.79 Å². The van der Waals surface area contributed by atoms with Crippen molar-refractivity contribution >= 4 is 47.2 Å². The lowest BCUT2D eigenvalue weighted by atomic mass is 9.78. The molecule has 4 heterocycles. The molecule has 0 aliphatic carbocycles. The molecule has 0 saturated carbocycles. The second-order valence-corrected chi connectivity index (χ2v) is 19.4. The summed E-state index contributed by atoms with van der Waals surface area (Å²) in [5.74, 6) is -11.7. The molecular formula is C47H76N8O14. The Bertz CT molecular complexity index is 2010. The van der Waals surface area contributed by atoms with Crippen molar-refractivity contribution in [3.8, 4) is 0 Å². The molecule has 69 heavy (non-hydrogen) atoms. The lowest BCUT2D eigenvalue weighted by molar-refractivity contribution is -0.325. The van der Waals surface area contributed by atoms with Crippen molar-refractivity contribution in [1.82, 2.24) is 41.5 Å². The fourth-order valence-corrected chi connectivity index (χ4v) is 9.32. The number of rotatable bonds is 10. The number of hydrazine groups is 2. The molecule has 0 bridgehead atoms. The molecule has 0 aromatic heterocycles. The van der Waals surface area contributed by atoms with E-state index in [1.54, 1.807) is 39.8 Å². The number of ether oxygens (including phenoxy) is 2. The second-order valence-electron chi connectivity index (χ2n) is 19.4. The predicted octanol–water partition coefficient (Wildman–Crippen LogP) is 0.125. The molecule has 6 amide bonds. The van der Waals surface area contributed by atoms with E-state index in [0.717, 1.165) is 14.9 Å². The lowest BCUT2D eigenvalue weighted by Gasteiger charge is -2.49. The maximum atomic E-state index is 15.2. The van der Waals surface area contributed by atoms with Crippen molar-refractivity contribution in [1.29, 1.82) is 0 Å². The highest BCUT2D eigenvalue weighted by Crippen LogP contribution is 2.42. The molecule has 22 nitrogen and oxygen atoms in total. The molecule has 22 heteroatoms. The van der Waals surface area contributed by atoms with E-state index in [9.17, 15) is 54.1 Å². The van der Waals surface area contributed by atoms with Crippen LogP contribution in [0.4, 0.5) is 0 Å². The van der Waals surface area contributed by atoms with Gasteiger partial charge in [0.2, 0.25) is 17.6 Å². The second kappa shape index (κ2) is 23.4. The predicted molar refractivity (Wildman–Crippen MR) is 247 cm³/mol. The molecule has 4 saturated heterocycles. The Balaban J connectivity index is 1.85. The monoisotopic (exact) mass is 977 g/mol. The number of esters is 1. The summed E-state index contributed by atoms with van der Waals surface area (Å²) >= 11 is 0. The normalized spacial score (nSPS) is 33.0. The number of cyclic esters (lactones) is 1. The summed E-state index contributed by atoms with van der Waals surface area (Å²) in [4.78, 5) is 114. The molecule has 4 aliphatic rings. The Morgan fingerprint density at radius 2 is 1.48 bits per heavy atom. The number of likely N-dealkylation sites (N-methyl/N-ethyl adjacent to an activating group) is 1. The average Bonchev–Trinajstić information content (AvgIpc) is 3.33. The summed E-state index contributed by atoms with van der Waals surface area (Å²) in [5, 5.41) is 54.1. The first-order chi connectivity index (χ1) is 32.2. The van der Waals surface area contributed by atoms with Gasteiger partial charge in [-0.25, -0.2) is 20.7 Å². The summed E-state index contributed by atoms with van der Waals surface area (Å²) in [7, 11) is 1.28. The minimum atomic E-state index is -2.80. The molecule has 13 atom stereocenters. The molecule has 0 spiro atoms. The number of amides is 6. The van der Waals surface area contributed by atoms with Crippen molar-refractivity contribution in [2.24, 2.45) is 17.8 Å². The minimum absolute atomic E-state index is 0.0668. The number of nitrogens with zero attached hydrogens (tertiary/aromatic N) is 4. The Morgan fingerprint density at radius 3 is 2.03 bits per heavy atom. The molecule has 0 aromatic rings. The maximum Gasteiger partial charge on any atom is 0.331 e. The molecule has 0 aromatic carbocycles. The van der Waals surface area contributed by atoms with Gasteiger partial charge in [0.1, 0.15) is 36.3 Å². The van der Waals surface area contributed by atoms with Gasteiger partial charge in [-0.15, -0.1) is 0 Å². The van der Waals surface area contributed by atoms with Crippen LogP contribution in [0.3, 0.4) is 0 Å². The van der Waals surface area contributed by atoms with Gasteiger partial charge in [0.25, 0.3) is 23.6 Å². The lowest BCUT2D eigenvalue weighted by Crippen LogP contribution is -2.71. The standard InChI is InChI=1S/C47H76N8O14/c1-13-25(5)36(57)27(7)23-28(8)38-26(6)19-20-47(66,69-38)46(65,14-2)45(64)51-35-37(24(3)4)68-44(63)34(31(11)56)50-39(58)32-17-15-21-48-53(32)41(60)29(9)52(12)40(59)30(10)55(67)42(61)33-18-16-22-49-54(33)43(35)62/h13,23-24,26-27,29-35,37-38,48-49,56,65-67H,14-22H2,1-12H3,(H,50,58)(H,51,64)/b25-13+,28-23+/t26-,27-,29+,30-,31-,32-,33+,34+,35-,37?,38-,46+,47+/m0/s1. The zero-order valence-electron chi connectivity index (χ0n) is 42.1. The smallest absolute Gasteiger partial charge is 0.331 e. The van der Waals surface area contributed by atoms with Gasteiger partial charge >= 0.3 is 5.97 Å². The van der Waals surface area contributed by atoms with Crippen molar-refractivity contribution < 1.29 is 68.4 Å². The number of allylic oxidation sites excluding steroid dienone is 3. The Kier molecular flexibility index (Phi) is 19.2. The highest BCUT2D eigenvalue weighted by atomic mass is 16.7. The first kappa shape index (κ1) is 56.7. The van der Waals surface area contributed by atoms with Crippen LogP contribution >= 0.6 is 0 Å². The number of carbonyl (C=O) groups is 8. The van der Waals surface area contributed by atoms with E-state index in [1.807, 2.05) is 6.92 Å². The van der Waals surface area contributed by atoms with Crippen molar-refractivity contribution in [3.63, 3.8) is 0 Å². The number of Topliss-reactive ketones (excluding diaryl/α,β-unsaturated/α-hetero) is 1. The Morgan fingerprint density at radius 1 is 0.899 bits per heavy atom. The number of ketones is 1. The summed E-state index contributed by atoms with van der Waals surface area (Å²) in [6.45, 7) is 17.4. The zero-order valence-corrected chi connectivity index (χ0v) is 42.1. The topological polar surface area (TPSA) is 297 Å². The van der Waals surface area contributed by atoms with Gasteiger partial charge in [-0.1, -0.05) is 46.8 Å². The quantitative estimate of drug-likeness (QED) is 0.0625. The summed E-state index contributed by atoms with van der Waals surface area (Å²) < 4.78 is 12.3. The number of fused-ring (bicyclic) bond motifs is 2. The molecule has 4 rings (SSSR count). The van der Waals surface area contributed by atoms with Crippen molar-refractivity contribution in [2.75, 3.05) is 20.1 Å². The molecule has 1 unspecified atom stereocenters. The third-order valence-electron chi connectivity index (χ3n) is 14.1. The molecule has 4 fully saturated rings. The van der Waals surface area contributed by atoms with E-state index in [2.05, 4.69) is 21.5 Å². The average molecular weight is 977 g/mol. The van der Waals surface area contributed by atoms with Crippen molar-refractivity contribution in [2.45, 2.75) is 187 Å². The number of hydroxylamine groups is 2. The van der Waals surface area contributed by atoms with Crippen LogP contribution < -0.4 is 21.5 Å². The number of carbonyl (C=O) groups excluding carboxylic acids is 8. The van der Waals surface area contributed by atoms with E-state index in [1.165, 1.54) is 48.6 Å². The molecule has 8 N–H and O–H groups in total. The number of hydrogen-bond donors (Lipinski definition) is 8. The van der Waals surface area contributed by atoms with Crippen LogP contribution in [0, 0.1) is 17.8 Å². The van der Waals surface area contributed by atoms with Gasteiger partial charge in [-0.05, 0) is 103 Å². The largest absolute Gasteiger partial charge is 0.458 e. The number of aliphatic hydroxyl groups is 3. The van der Waals surface area contributed by atoms with Gasteiger partial charge in [0.05, 0.1) is 12.2 Å². The van der Waals surface area contributed by atoms with Crippen LogP contribution in [0.5, 0.6) is 0 Å². The summed E-state index contributed by atoms with van der Waals surface area (Å²) in [6, 6.07) is -9.46. The van der Waals surface area contributed by atoms with E-state index in [0.29, 0.717) is 17.6 Å². The summed E-state index contributed by atoms with van der Waals surface area (Å²) in [6.07, 6.45) is -0.537. The van der Waals surface area contributed by atoms with Gasteiger partial charge < -0.3 is 40.3 Å². The minimum Gasteiger partial charge on any atom is -0.458 e. The fraction of sp³-hybridized carbons (Fsp3) is 0.745. The van der Waals surface area contributed by atoms with Gasteiger partial charge in [0, 0.05) is 32.5 Å². The highest BCUT2D eigenvalue weighted by molar-refractivity contribution is 5.98. The van der Waals surface area contributed by atoms with E-state index in [-0.39, 0.29) is 62.0 Å². The zero-order chi connectivity index (χ0) is 52.0. The van der Waals surface area contributed by atoms with Crippen molar-refractivity contribution in [3.05, 3.63) is 23.3 Å². The fourth-order valence-electron chi connectivity index (χ4n) is 9.32. The third-order valence-corrected chi connectivity index (χ3v) is 14.1. The molecular weight excluding hydrogens is 901 g/mol. The number of aliphatic hydroxyl groups excluding tert-OH is 1. The number of hydrogen-bond acceptors (Lipinski definition) is 16. The van der Waals surface area contributed by atoms with E-state index in [4.69, 9.17) is 9.47 Å². The Labute approximate surface area is 404 Å². The van der Waals surface area contributed by atoms with Crippen LogP contribution in [0.2, 0.25) is 0 Å².